The van der Waals surface area contributed by atoms with Crippen LogP contribution in [0.4, 0.5) is 5.69 Å². The molecule has 0 aromatic heterocycles. The summed E-state index contributed by atoms with van der Waals surface area (Å²) in [4.78, 5) is 0. The second-order valence-electron chi connectivity index (χ2n) is 6.27. The van der Waals surface area contributed by atoms with Crippen LogP contribution in [-0.2, 0) is 6.42 Å². The highest BCUT2D eigenvalue weighted by atomic mass is 79.9. The predicted molar refractivity (Wildman–Crippen MR) is 96.3 cm³/mol. The molecule has 0 unspecified atom stereocenters. The smallest absolute Gasteiger partial charge is 0.0554 e. The average Bonchev–Trinajstić information content (AvgIpc) is 3.03. The lowest BCUT2D eigenvalue weighted by atomic mass is 9.76. The van der Waals surface area contributed by atoms with Gasteiger partial charge in [-0.15, -0.1) is 0 Å². The summed E-state index contributed by atoms with van der Waals surface area (Å²) >= 11 is 3.62. The van der Waals surface area contributed by atoms with Crippen LogP contribution in [0.2, 0.25) is 0 Å². The Balaban J connectivity index is 1.83. The van der Waals surface area contributed by atoms with Gasteiger partial charge in [0.15, 0.2) is 0 Å². The molecule has 0 saturated carbocycles. The predicted octanol–water partition coefficient (Wildman–Crippen LogP) is 5.84. The molecular formula is C20H20BrN. The number of benzene rings is 2. The molecule has 2 heteroatoms. The second-order valence-corrected chi connectivity index (χ2v) is 7.18. The Bertz CT molecular complexity index is 734. The van der Waals surface area contributed by atoms with E-state index < -0.39 is 0 Å². The summed E-state index contributed by atoms with van der Waals surface area (Å²) in [6.45, 7) is 2.24. The molecule has 1 heterocycles. The molecule has 1 aliphatic carbocycles. The van der Waals surface area contributed by atoms with E-state index in [4.69, 9.17) is 0 Å². The van der Waals surface area contributed by atoms with Crippen molar-refractivity contribution < 1.29 is 0 Å². The zero-order valence-corrected chi connectivity index (χ0v) is 14.3. The van der Waals surface area contributed by atoms with E-state index in [0.29, 0.717) is 17.9 Å². The van der Waals surface area contributed by atoms with Crippen molar-refractivity contribution in [2.45, 2.75) is 31.7 Å². The molecule has 1 nitrogen and oxygen atoms in total. The van der Waals surface area contributed by atoms with Crippen molar-refractivity contribution in [3.63, 3.8) is 0 Å². The molecule has 0 spiro atoms. The van der Waals surface area contributed by atoms with Crippen LogP contribution in [0.1, 0.15) is 42.0 Å². The van der Waals surface area contributed by atoms with E-state index in [-0.39, 0.29) is 0 Å². The molecule has 0 saturated heterocycles. The van der Waals surface area contributed by atoms with E-state index in [9.17, 15) is 0 Å². The molecule has 2 aliphatic rings. The molecular weight excluding hydrogens is 334 g/mol. The lowest BCUT2D eigenvalue weighted by Gasteiger charge is -2.38. The Morgan fingerprint density at radius 2 is 2.05 bits per heavy atom. The van der Waals surface area contributed by atoms with Gasteiger partial charge in [0.05, 0.1) is 6.04 Å². The fourth-order valence-electron chi connectivity index (χ4n) is 4.01. The Hall–Kier alpha value is -1.54. The maximum absolute atomic E-state index is 3.87. The number of nitrogens with one attached hydrogen (secondary N) is 1. The Labute approximate surface area is 140 Å². The van der Waals surface area contributed by atoms with Crippen LogP contribution in [0.3, 0.4) is 0 Å². The van der Waals surface area contributed by atoms with E-state index in [1.807, 2.05) is 0 Å². The van der Waals surface area contributed by atoms with Crippen LogP contribution in [0, 0.1) is 5.92 Å². The number of hydrogen-bond donors (Lipinski definition) is 1. The summed E-state index contributed by atoms with van der Waals surface area (Å²) in [5.41, 5.74) is 5.65. The van der Waals surface area contributed by atoms with Gasteiger partial charge in [-0.3, -0.25) is 0 Å². The second kappa shape index (κ2) is 5.58. The summed E-state index contributed by atoms with van der Waals surface area (Å²) in [7, 11) is 0. The zero-order valence-electron chi connectivity index (χ0n) is 12.7. The normalized spacial score (nSPS) is 25.5. The van der Waals surface area contributed by atoms with Crippen molar-refractivity contribution in [1.82, 2.24) is 0 Å². The molecule has 22 heavy (non-hydrogen) atoms. The van der Waals surface area contributed by atoms with E-state index in [1.54, 1.807) is 0 Å². The van der Waals surface area contributed by atoms with Crippen molar-refractivity contribution in [2.24, 2.45) is 5.92 Å². The number of hydrogen-bond acceptors (Lipinski definition) is 1. The third kappa shape index (κ3) is 2.21. The van der Waals surface area contributed by atoms with Crippen molar-refractivity contribution >= 4 is 21.6 Å². The highest BCUT2D eigenvalue weighted by Crippen LogP contribution is 2.50. The number of fused-ring (bicyclic) bond motifs is 3. The lowest BCUT2D eigenvalue weighted by molar-refractivity contribution is 0.425. The van der Waals surface area contributed by atoms with Gasteiger partial charge in [-0.2, -0.15) is 0 Å². The highest BCUT2D eigenvalue weighted by molar-refractivity contribution is 9.10. The van der Waals surface area contributed by atoms with Crippen molar-refractivity contribution in [3.8, 4) is 0 Å². The van der Waals surface area contributed by atoms with Gasteiger partial charge in [-0.05, 0) is 47.6 Å². The van der Waals surface area contributed by atoms with E-state index >= 15 is 0 Å². The minimum absolute atomic E-state index is 0.387. The van der Waals surface area contributed by atoms with Gasteiger partial charge in [0.2, 0.25) is 0 Å². The third-order valence-corrected chi connectivity index (χ3v) is 5.56. The van der Waals surface area contributed by atoms with Gasteiger partial charge in [0, 0.05) is 16.1 Å². The summed E-state index contributed by atoms with van der Waals surface area (Å²) < 4.78 is 1.16. The summed E-state index contributed by atoms with van der Waals surface area (Å²) in [5, 5.41) is 3.87. The third-order valence-electron chi connectivity index (χ3n) is 5.07. The number of allylic oxidation sites excluding steroid dienone is 2. The summed E-state index contributed by atoms with van der Waals surface area (Å²) in [6.07, 6.45) is 7.00. The summed E-state index contributed by atoms with van der Waals surface area (Å²) in [6, 6.07) is 15.9. The molecule has 3 atom stereocenters. The standard InChI is InChI=1S/C20H20BrN/c1-2-13-6-4-10-17-16-9-5-11-18(16)20(22-19(13)17)14-7-3-8-15(21)12-14/h3-10,12,16,18,20,22H,2,11H2,1H3/t16-,18-,20-/m1/s1. The first kappa shape index (κ1) is 14.1. The van der Waals surface area contributed by atoms with Crippen LogP contribution in [0.25, 0.3) is 0 Å². The molecule has 1 N–H and O–H groups in total. The van der Waals surface area contributed by atoms with Crippen molar-refractivity contribution in [3.05, 3.63) is 75.8 Å². The first-order chi connectivity index (χ1) is 10.8. The van der Waals surface area contributed by atoms with Crippen LogP contribution < -0.4 is 5.32 Å². The Kier molecular flexibility index (Phi) is 3.57. The average molecular weight is 354 g/mol. The quantitative estimate of drug-likeness (QED) is 0.668. The number of rotatable bonds is 2. The van der Waals surface area contributed by atoms with Crippen LogP contribution in [-0.4, -0.2) is 0 Å². The molecule has 0 amide bonds. The van der Waals surface area contributed by atoms with Crippen LogP contribution in [0.5, 0.6) is 0 Å². The van der Waals surface area contributed by atoms with Gasteiger partial charge in [-0.25, -0.2) is 0 Å². The van der Waals surface area contributed by atoms with Gasteiger partial charge >= 0.3 is 0 Å². The number of aryl methyl sites for hydroxylation is 1. The highest BCUT2D eigenvalue weighted by Gasteiger charge is 2.38. The lowest BCUT2D eigenvalue weighted by Crippen LogP contribution is -2.29. The van der Waals surface area contributed by atoms with Crippen molar-refractivity contribution in [2.75, 3.05) is 5.32 Å². The fraction of sp³-hybridized carbons (Fsp3) is 0.300. The molecule has 2 aromatic rings. The number of para-hydroxylation sites is 1. The monoisotopic (exact) mass is 353 g/mol. The first-order valence-corrected chi connectivity index (χ1v) is 8.87. The topological polar surface area (TPSA) is 12.0 Å². The van der Waals surface area contributed by atoms with E-state index in [2.05, 4.69) is 82.8 Å². The number of anilines is 1. The van der Waals surface area contributed by atoms with Gasteiger partial charge < -0.3 is 5.32 Å². The molecule has 0 fully saturated rings. The van der Waals surface area contributed by atoms with Gasteiger partial charge in [-0.1, -0.05) is 65.3 Å². The minimum Gasteiger partial charge on any atom is -0.377 e. The largest absolute Gasteiger partial charge is 0.377 e. The fourth-order valence-corrected chi connectivity index (χ4v) is 4.43. The van der Waals surface area contributed by atoms with Crippen LogP contribution in [0.15, 0.2) is 59.1 Å². The zero-order chi connectivity index (χ0) is 15.1. The molecule has 112 valence electrons. The Morgan fingerprint density at radius 1 is 1.18 bits per heavy atom. The maximum atomic E-state index is 3.87. The molecule has 0 bridgehead atoms. The Morgan fingerprint density at radius 3 is 2.86 bits per heavy atom. The SMILES string of the molecule is CCc1cccc2c1N[C@H](c1cccc(Br)c1)[C@@H]1CC=C[C@H]21. The van der Waals surface area contributed by atoms with E-state index in [1.165, 1.54) is 22.4 Å². The maximum Gasteiger partial charge on any atom is 0.0554 e. The summed E-state index contributed by atoms with van der Waals surface area (Å²) in [5.74, 6) is 1.17. The first-order valence-electron chi connectivity index (χ1n) is 8.08. The van der Waals surface area contributed by atoms with Gasteiger partial charge in [0.25, 0.3) is 0 Å². The molecule has 1 aliphatic heterocycles. The molecule has 4 rings (SSSR count). The van der Waals surface area contributed by atoms with Gasteiger partial charge in [0.1, 0.15) is 0 Å². The molecule has 0 radical (unpaired) electrons. The van der Waals surface area contributed by atoms with Crippen LogP contribution >= 0.6 is 15.9 Å². The molecule has 2 aromatic carbocycles. The number of halogens is 1. The minimum atomic E-state index is 0.387. The van der Waals surface area contributed by atoms with Crippen molar-refractivity contribution in [1.29, 1.82) is 0 Å². The van der Waals surface area contributed by atoms with E-state index in [0.717, 1.165) is 17.3 Å².